The number of halogens is 1. The summed E-state index contributed by atoms with van der Waals surface area (Å²) in [6.07, 6.45) is 1.83. The van der Waals surface area contributed by atoms with E-state index in [1.54, 1.807) is 12.1 Å². The topological polar surface area (TPSA) is 116 Å². The molecule has 146 valence electrons. The molecule has 0 aliphatic carbocycles. The van der Waals surface area contributed by atoms with E-state index >= 15 is 0 Å². The quantitative estimate of drug-likeness (QED) is 0.236. The van der Waals surface area contributed by atoms with Crippen molar-refractivity contribution in [2.75, 3.05) is 18.2 Å². The molecule has 10 heteroatoms. The van der Waals surface area contributed by atoms with Crippen molar-refractivity contribution in [1.82, 2.24) is 0 Å². The molecule has 0 bridgehead atoms. The van der Waals surface area contributed by atoms with E-state index in [1.165, 1.54) is 30.8 Å². The minimum atomic E-state index is -0.954. The summed E-state index contributed by atoms with van der Waals surface area (Å²) in [6.45, 7) is 0.763. The summed E-state index contributed by atoms with van der Waals surface area (Å²) in [4.78, 5) is 46.7. The van der Waals surface area contributed by atoms with Gasteiger partial charge in [0.25, 0.3) is 5.69 Å². The fourth-order valence-electron chi connectivity index (χ4n) is 2.24. The molecule has 8 nitrogen and oxygen atoms in total. The third-order valence-corrected chi connectivity index (χ3v) is 4.67. The Balaban J connectivity index is 2.14. The molecule has 0 atom stereocenters. The van der Waals surface area contributed by atoms with Crippen molar-refractivity contribution in [3.8, 4) is 0 Å². The number of non-ortho nitro benzene ring substituents is 1. The van der Waals surface area contributed by atoms with Gasteiger partial charge < -0.3 is 10.1 Å². The summed E-state index contributed by atoms with van der Waals surface area (Å²) < 4.78 is 4.95. The largest absolute Gasteiger partial charge is 0.454 e. The highest BCUT2D eigenvalue weighted by Crippen LogP contribution is 2.27. The van der Waals surface area contributed by atoms with Gasteiger partial charge in [0.1, 0.15) is 0 Å². The number of Topliss-reactive ketones (excluding diaryl/α,β-unsaturated/α-hetero) is 1. The first kappa shape index (κ1) is 21.4. The van der Waals surface area contributed by atoms with Gasteiger partial charge in [-0.1, -0.05) is 17.7 Å². The van der Waals surface area contributed by atoms with Gasteiger partial charge in [0.05, 0.1) is 21.2 Å². The number of nitro benzene ring substituents is 1. The van der Waals surface area contributed by atoms with Crippen LogP contribution in [0.4, 0.5) is 11.4 Å². The average Bonchev–Trinajstić information content (AvgIpc) is 2.65. The maximum absolute atomic E-state index is 12.3. The first-order valence-electron chi connectivity index (χ1n) is 7.82. The predicted octanol–water partition coefficient (Wildman–Crippen LogP) is 3.97. The second-order valence-corrected chi connectivity index (χ2v) is 6.77. The van der Waals surface area contributed by atoms with E-state index in [9.17, 15) is 24.5 Å². The molecule has 0 saturated heterocycles. The Morgan fingerprint density at radius 1 is 1.21 bits per heavy atom. The number of hydrogen-bond acceptors (Lipinski definition) is 7. The van der Waals surface area contributed by atoms with Crippen molar-refractivity contribution in [2.45, 2.75) is 11.8 Å². The highest BCUT2D eigenvalue weighted by atomic mass is 35.5. The SMILES string of the molecule is CSc1ccc(C(=O)COC(=O)c2cc([N+](=O)[O-])ccc2Cl)cc1NC(C)=O. The smallest absolute Gasteiger partial charge is 0.340 e. The molecule has 1 N–H and O–H groups in total. The van der Waals surface area contributed by atoms with Gasteiger partial charge in [-0.25, -0.2) is 4.79 Å². The Morgan fingerprint density at radius 3 is 2.54 bits per heavy atom. The third-order valence-electron chi connectivity index (χ3n) is 3.55. The van der Waals surface area contributed by atoms with Crippen LogP contribution in [-0.2, 0) is 9.53 Å². The van der Waals surface area contributed by atoms with Crippen molar-refractivity contribution in [2.24, 2.45) is 0 Å². The highest BCUT2D eigenvalue weighted by Gasteiger charge is 2.19. The number of anilines is 1. The zero-order valence-corrected chi connectivity index (χ0v) is 16.4. The van der Waals surface area contributed by atoms with Gasteiger partial charge in [-0.15, -0.1) is 11.8 Å². The van der Waals surface area contributed by atoms with E-state index in [1.807, 2.05) is 6.26 Å². The molecule has 0 radical (unpaired) electrons. The van der Waals surface area contributed by atoms with E-state index in [4.69, 9.17) is 16.3 Å². The number of carbonyl (C=O) groups is 3. The highest BCUT2D eigenvalue weighted by molar-refractivity contribution is 7.98. The van der Waals surface area contributed by atoms with Gasteiger partial charge in [-0.05, 0) is 24.5 Å². The molecule has 0 aliphatic rings. The molecule has 0 heterocycles. The summed E-state index contributed by atoms with van der Waals surface area (Å²) in [5.41, 5.74) is 0.175. The van der Waals surface area contributed by atoms with Crippen LogP contribution in [0, 0.1) is 10.1 Å². The molecule has 28 heavy (non-hydrogen) atoms. The molecule has 0 fully saturated rings. The maximum atomic E-state index is 12.3. The average molecular weight is 423 g/mol. The summed E-state index contributed by atoms with van der Waals surface area (Å²) in [5, 5.41) is 13.4. The molecule has 0 aromatic heterocycles. The standard InChI is InChI=1S/C18H15ClN2O6S/c1-10(22)20-15-7-11(3-6-17(15)28-2)16(23)9-27-18(24)13-8-12(21(25)26)4-5-14(13)19/h3-8H,9H2,1-2H3,(H,20,22). The van der Waals surface area contributed by atoms with Gasteiger partial charge in [0, 0.05) is 29.5 Å². The number of benzene rings is 2. The van der Waals surface area contributed by atoms with Crippen LogP contribution >= 0.6 is 23.4 Å². The summed E-state index contributed by atoms with van der Waals surface area (Å²) >= 11 is 7.28. The number of amides is 1. The minimum Gasteiger partial charge on any atom is -0.454 e. The first-order valence-corrected chi connectivity index (χ1v) is 9.43. The van der Waals surface area contributed by atoms with Gasteiger partial charge in [0.2, 0.25) is 5.91 Å². The number of rotatable bonds is 7. The number of nitrogens with zero attached hydrogens (tertiary/aromatic N) is 1. The molecule has 1 amide bonds. The van der Waals surface area contributed by atoms with Crippen LogP contribution in [0.5, 0.6) is 0 Å². The molecule has 2 aromatic rings. The van der Waals surface area contributed by atoms with Crippen molar-refractivity contribution in [3.05, 3.63) is 62.7 Å². The molecule has 2 aromatic carbocycles. The van der Waals surface area contributed by atoms with Crippen molar-refractivity contribution < 1.29 is 24.0 Å². The molecular weight excluding hydrogens is 408 g/mol. The number of nitro groups is 1. The lowest BCUT2D eigenvalue weighted by Gasteiger charge is -2.10. The molecule has 2 rings (SSSR count). The lowest BCUT2D eigenvalue weighted by molar-refractivity contribution is -0.384. The van der Waals surface area contributed by atoms with E-state index in [2.05, 4.69) is 5.32 Å². The van der Waals surface area contributed by atoms with E-state index in [-0.39, 0.29) is 27.7 Å². The molecule has 0 aliphatic heterocycles. The first-order chi connectivity index (χ1) is 13.2. The van der Waals surface area contributed by atoms with Crippen LogP contribution in [0.2, 0.25) is 5.02 Å². The van der Waals surface area contributed by atoms with Crippen LogP contribution in [0.3, 0.4) is 0 Å². The van der Waals surface area contributed by atoms with E-state index in [0.717, 1.165) is 17.0 Å². The molecule has 0 unspecified atom stereocenters. The Bertz CT molecular complexity index is 963. The van der Waals surface area contributed by atoms with Gasteiger partial charge in [0.15, 0.2) is 12.4 Å². The lowest BCUT2D eigenvalue weighted by atomic mass is 10.1. The fraction of sp³-hybridized carbons (Fsp3) is 0.167. The van der Waals surface area contributed by atoms with E-state index in [0.29, 0.717) is 5.69 Å². The van der Waals surface area contributed by atoms with Crippen LogP contribution < -0.4 is 5.32 Å². The van der Waals surface area contributed by atoms with Gasteiger partial charge in [-0.2, -0.15) is 0 Å². The normalized spacial score (nSPS) is 10.2. The van der Waals surface area contributed by atoms with Crippen molar-refractivity contribution in [1.29, 1.82) is 0 Å². The maximum Gasteiger partial charge on any atom is 0.340 e. The van der Waals surface area contributed by atoms with Crippen molar-refractivity contribution >= 4 is 52.4 Å². The summed E-state index contributed by atoms with van der Waals surface area (Å²) in [7, 11) is 0. The van der Waals surface area contributed by atoms with Crippen LogP contribution in [-0.4, -0.2) is 35.4 Å². The number of nitrogens with one attached hydrogen (secondary N) is 1. The summed E-state index contributed by atoms with van der Waals surface area (Å²) in [6, 6.07) is 8.05. The van der Waals surface area contributed by atoms with Crippen LogP contribution in [0.1, 0.15) is 27.6 Å². The molecule has 0 spiro atoms. The summed E-state index contributed by atoms with van der Waals surface area (Å²) in [5.74, 6) is -1.74. The van der Waals surface area contributed by atoms with E-state index < -0.39 is 23.3 Å². The predicted molar refractivity (Wildman–Crippen MR) is 105 cm³/mol. The number of hydrogen-bond donors (Lipinski definition) is 1. The number of carbonyl (C=O) groups excluding carboxylic acids is 3. The van der Waals surface area contributed by atoms with Crippen LogP contribution in [0.15, 0.2) is 41.3 Å². The van der Waals surface area contributed by atoms with Gasteiger partial charge >= 0.3 is 5.97 Å². The zero-order chi connectivity index (χ0) is 20.8. The third kappa shape index (κ3) is 5.30. The fourth-order valence-corrected chi connectivity index (χ4v) is 2.97. The minimum absolute atomic E-state index is 0.0275. The molecular formula is C18H15ClN2O6S. The Hall–Kier alpha value is -2.91. The second-order valence-electron chi connectivity index (χ2n) is 5.52. The lowest BCUT2D eigenvalue weighted by Crippen LogP contribution is -2.15. The monoisotopic (exact) mass is 422 g/mol. The van der Waals surface area contributed by atoms with Crippen molar-refractivity contribution in [3.63, 3.8) is 0 Å². The Kier molecular flexibility index (Phi) is 7.13. The molecule has 0 saturated carbocycles. The number of ether oxygens (including phenoxy) is 1. The van der Waals surface area contributed by atoms with Crippen LogP contribution in [0.25, 0.3) is 0 Å². The van der Waals surface area contributed by atoms with Gasteiger partial charge in [-0.3, -0.25) is 19.7 Å². The number of thioether (sulfide) groups is 1. The second kappa shape index (κ2) is 9.34. The zero-order valence-electron chi connectivity index (χ0n) is 14.9. The Labute approximate surface area is 169 Å². The number of esters is 1. The Morgan fingerprint density at radius 2 is 1.93 bits per heavy atom. The number of ketones is 1.